The Kier molecular flexibility index (Phi) is 6.69. The first-order chi connectivity index (χ1) is 15.8. The van der Waals surface area contributed by atoms with Crippen molar-refractivity contribution in [1.29, 1.82) is 0 Å². The van der Waals surface area contributed by atoms with Crippen molar-refractivity contribution in [2.24, 2.45) is 5.92 Å². The second-order valence-electron chi connectivity index (χ2n) is 8.55. The number of hydrogen-bond donors (Lipinski definition) is 1. The third kappa shape index (κ3) is 4.88. The molecule has 0 spiro atoms. The van der Waals surface area contributed by atoms with Gasteiger partial charge in [0.25, 0.3) is 5.56 Å². The fraction of sp³-hybridized carbons (Fsp3) is 0.333. The molecule has 1 amide bonds. The molecule has 0 radical (unpaired) electrons. The van der Waals surface area contributed by atoms with E-state index in [0.29, 0.717) is 28.8 Å². The van der Waals surface area contributed by atoms with Crippen LogP contribution in [0.2, 0.25) is 0 Å². The molecular formula is C24H28N6O2S. The van der Waals surface area contributed by atoms with E-state index in [1.807, 2.05) is 71.9 Å². The second kappa shape index (κ2) is 9.66. The Labute approximate surface area is 196 Å². The molecular weight excluding hydrogens is 436 g/mol. The molecule has 8 nitrogen and oxygen atoms in total. The molecule has 0 fully saturated rings. The Hall–Kier alpha value is -3.33. The smallest absolute Gasteiger partial charge is 0.262 e. The maximum atomic E-state index is 13.1. The molecule has 1 N–H and O–H groups in total. The van der Waals surface area contributed by atoms with E-state index < -0.39 is 0 Å². The van der Waals surface area contributed by atoms with Crippen molar-refractivity contribution in [3.63, 3.8) is 0 Å². The average molecular weight is 465 g/mol. The highest BCUT2D eigenvalue weighted by Gasteiger charge is 2.17. The lowest BCUT2D eigenvalue weighted by Crippen LogP contribution is -2.24. The van der Waals surface area contributed by atoms with E-state index >= 15 is 0 Å². The van der Waals surface area contributed by atoms with Crippen LogP contribution in [0.25, 0.3) is 16.7 Å². The fourth-order valence-electron chi connectivity index (χ4n) is 3.59. The zero-order valence-corrected chi connectivity index (χ0v) is 20.1. The molecule has 2 aromatic heterocycles. The normalized spacial score (nSPS) is 11.4. The van der Waals surface area contributed by atoms with E-state index in [2.05, 4.69) is 29.4 Å². The Balaban J connectivity index is 1.59. The molecule has 9 heteroatoms. The maximum absolute atomic E-state index is 13.1. The van der Waals surface area contributed by atoms with Crippen molar-refractivity contribution in [3.05, 3.63) is 58.9 Å². The highest BCUT2D eigenvalue weighted by atomic mass is 32.2. The Bertz CT molecular complexity index is 1340. The van der Waals surface area contributed by atoms with Crippen LogP contribution in [-0.4, -0.2) is 44.9 Å². The number of benzene rings is 2. The molecule has 2 heterocycles. The van der Waals surface area contributed by atoms with Crippen LogP contribution in [-0.2, 0) is 11.3 Å². The van der Waals surface area contributed by atoms with Crippen LogP contribution in [0.3, 0.4) is 0 Å². The number of nitrogens with one attached hydrogen (secondary N) is 1. The van der Waals surface area contributed by atoms with E-state index in [4.69, 9.17) is 0 Å². The minimum absolute atomic E-state index is 0.0679. The first kappa shape index (κ1) is 22.8. The highest BCUT2D eigenvalue weighted by Crippen LogP contribution is 2.23. The summed E-state index contributed by atoms with van der Waals surface area (Å²) in [7, 11) is 3.94. The van der Waals surface area contributed by atoms with Crippen molar-refractivity contribution in [2.45, 2.75) is 32.0 Å². The molecule has 0 aliphatic rings. The van der Waals surface area contributed by atoms with Gasteiger partial charge in [0, 0.05) is 32.0 Å². The summed E-state index contributed by atoms with van der Waals surface area (Å²) in [4.78, 5) is 27.7. The lowest BCUT2D eigenvalue weighted by atomic mass is 10.1. The van der Waals surface area contributed by atoms with Gasteiger partial charge in [0.15, 0.2) is 5.16 Å². The van der Waals surface area contributed by atoms with Crippen LogP contribution >= 0.6 is 11.8 Å². The quantitative estimate of drug-likeness (QED) is 0.398. The Morgan fingerprint density at radius 2 is 1.82 bits per heavy atom. The number of carbonyl (C=O) groups excluding carboxylic acids is 1. The van der Waals surface area contributed by atoms with E-state index in [0.717, 1.165) is 23.3 Å². The number of nitrogens with zero attached hydrogens (tertiary/aromatic N) is 5. The first-order valence-corrected chi connectivity index (χ1v) is 11.9. The molecule has 0 bridgehead atoms. The SMILES string of the molecule is CC(C)CCn1c(=O)c2ccccc2n2c(SCC(=O)Nc3ccc(N(C)C)cc3)nnc12. The topological polar surface area (TPSA) is 84.5 Å². The van der Waals surface area contributed by atoms with Gasteiger partial charge in [-0.3, -0.25) is 18.6 Å². The van der Waals surface area contributed by atoms with Gasteiger partial charge >= 0.3 is 0 Å². The number of thioether (sulfide) groups is 1. The molecule has 33 heavy (non-hydrogen) atoms. The summed E-state index contributed by atoms with van der Waals surface area (Å²) in [6.07, 6.45) is 0.859. The minimum atomic E-state index is -0.133. The van der Waals surface area contributed by atoms with Gasteiger partial charge in [-0.05, 0) is 48.7 Å². The summed E-state index contributed by atoms with van der Waals surface area (Å²) < 4.78 is 3.56. The van der Waals surface area contributed by atoms with Crippen molar-refractivity contribution >= 4 is 45.7 Å². The van der Waals surface area contributed by atoms with Crippen LogP contribution in [0.15, 0.2) is 58.5 Å². The number of amides is 1. The Morgan fingerprint density at radius 1 is 1.09 bits per heavy atom. The van der Waals surface area contributed by atoms with Crippen molar-refractivity contribution in [1.82, 2.24) is 19.2 Å². The summed E-state index contributed by atoms with van der Waals surface area (Å²) in [6.45, 7) is 4.82. The lowest BCUT2D eigenvalue weighted by molar-refractivity contribution is -0.113. The average Bonchev–Trinajstić information content (AvgIpc) is 3.22. The zero-order valence-electron chi connectivity index (χ0n) is 19.3. The molecule has 0 aliphatic heterocycles. The number of hydrogen-bond acceptors (Lipinski definition) is 6. The largest absolute Gasteiger partial charge is 0.378 e. The maximum Gasteiger partial charge on any atom is 0.262 e. The van der Waals surface area contributed by atoms with Crippen LogP contribution in [0.4, 0.5) is 11.4 Å². The third-order valence-corrected chi connectivity index (χ3v) is 6.34. The van der Waals surface area contributed by atoms with E-state index in [1.165, 1.54) is 11.8 Å². The van der Waals surface area contributed by atoms with Crippen molar-refractivity contribution in [2.75, 3.05) is 30.1 Å². The summed E-state index contributed by atoms with van der Waals surface area (Å²) >= 11 is 1.30. The van der Waals surface area contributed by atoms with Gasteiger partial charge in [-0.15, -0.1) is 10.2 Å². The molecule has 4 rings (SSSR count). The van der Waals surface area contributed by atoms with Crippen LogP contribution in [0.5, 0.6) is 0 Å². The fourth-order valence-corrected chi connectivity index (χ4v) is 4.33. The summed E-state index contributed by atoms with van der Waals surface area (Å²) in [5, 5.41) is 12.7. The van der Waals surface area contributed by atoms with Gasteiger partial charge < -0.3 is 10.2 Å². The van der Waals surface area contributed by atoms with Gasteiger partial charge in [-0.2, -0.15) is 0 Å². The summed E-state index contributed by atoms with van der Waals surface area (Å²) in [6, 6.07) is 15.1. The molecule has 4 aromatic rings. The van der Waals surface area contributed by atoms with Gasteiger partial charge in [0.2, 0.25) is 11.7 Å². The molecule has 0 saturated carbocycles. The van der Waals surface area contributed by atoms with Gasteiger partial charge in [-0.1, -0.05) is 37.7 Å². The summed E-state index contributed by atoms with van der Waals surface area (Å²) in [5.41, 5.74) is 2.48. The predicted molar refractivity (Wildman–Crippen MR) is 134 cm³/mol. The number of fused-ring (bicyclic) bond motifs is 3. The number of carbonyl (C=O) groups is 1. The number of aromatic nitrogens is 4. The van der Waals surface area contributed by atoms with Crippen molar-refractivity contribution < 1.29 is 4.79 Å². The van der Waals surface area contributed by atoms with Crippen molar-refractivity contribution in [3.8, 4) is 0 Å². The van der Waals surface area contributed by atoms with Gasteiger partial charge in [0.05, 0.1) is 16.7 Å². The van der Waals surface area contributed by atoms with E-state index in [-0.39, 0.29) is 17.2 Å². The zero-order chi connectivity index (χ0) is 23.5. The van der Waals surface area contributed by atoms with Gasteiger partial charge in [0.1, 0.15) is 0 Å². The lowest BCUT2D eigenvalue weighted by Gasteiger charge is -2.13. The van der Waals surface area contributed by atoms with Gasteiger partial charge in [-0.25, -0.2) is 0 Å². The molecule has 172 valence electrons. The van der Waals surface area contributed by atoms with Crippen LogP contribution < -0.4 is 15.8 Å². The molecule has 0 atom stereocenters. The first-order valence-electron chi connectivity index (χ1n) is 10.9. The number of para-hydroxylation sites is 1. The second-order valence-corrected chi connectivity index (χ2v) is 9.50. The van der Waals surface area contributed by atoms with E-state index in [9.17, 15) is 9.59 Å². The molecule has 2 aromatic carbocycles. The number of rotatable bonds is 8. The third-order valence-electron chi connectivity index (χ3n) is 5.41. The molecule has 0 aliphatic carbocycles. The highest BCUT2D eigenvalue weighted by molar-refractivity contribution is 7.99. The van der Waals surface area contributed by atoms with E-state index in [1.54, 1.807) is 4.57 Å². The molecule has 0 unspecified atom stereocenters. The predicted octanol–water partition coefficient (Wildman–Crippen LogP) is 3.89. The standard InChI is InChI=1S/C24H28N6O2S/c1-16(2)13-14-29-22(32)19-7-5-6-8-20(19)30-23(29)26-27-24(30)33-15-21(31)25-17-9-11-18(12-10-17)28(3)4/h5-12,16H,13-15H2,1-4H3,(H,25,31). The van der Waals surface area contributed by atoms with Crippen LogP contribution in [0.1, 0.15) is 20.3 Å². The van der Waals surface area contributed by atoms with Crippen LogP contribution in [0, 0.1) is 5.92 Å². The number of anilines is 2. The Morgan fingerprint density at radius 3 is 2.52 bits per heavy atom. The minimum Gasteiger partial charge on any atom is -0.378 e. The number of aryl methyl sites for hydroxylation is 1. The molecule has 0 saturated heterocycles. The summed E-state index contributed by atoms with van der Waals surface area (Å²) in [5.74, 6) is 0.999. The monoisotopic (exact) mass is 464 g/mol.